The van der Waals surface area contributed by atoms with Crippen molar-refractivity contribution in [2.75, 3.05) is 39.8 Å². The van der Waals surface area contributed by atoms with Gasteiger partial charge in [0.15, 0.2) is 0 Å². The molecule has 1 aliphatic rings. The van der Waals surface area contributed by atoms with Crippen LogP contribution in [0.15, 0.2) is 12.7 Å². The van der Waals surface area contributed by atoms with E-state index in [4.69, 9.17) is 5.73 Å². The molecule has 0 radical (unpaired) electrons. The minimum absolute atomic E-state index is 0. The summed E-state index contributed by atoms with van der Waals surface area (Å²) in [7, 11) is 1.95. The molecule has 6 heteroatoms. The molecule has 0 saturated carbocycles. The number of nitrogens with zero attached hydrogens (tertiary/aromatic N) is 2. The van der Waals surface area contributed by atoms with Gasteiger partial charge in [0.25, 0.3) is 0 Å². The smallest absolute Gasteiger partial charge is 0.337 e. The van der Waals surface area contributed by atoms with Crippen LogP contribution in [0.4, 0.5) is 0 Å². The highest BCUT2D eigenvalue weighted by atomic mass is 35.5. The van der Waals surface area contributed by atoms with Gasteiger partial charge in [-0.25, -0.2) is 4.79 Å². The van der Waals surface area contributed by atoms with Crippen LogP contribution in [0.5, 0.6) is 0 Å². The normalized spacial score (nSPS) is 18.7. The number of piperazine rings is 1. The van der Waals surface area contributed by atoms with Crippen molar-refractivity contribution in [1.82, 2.24) is 4.90 Å². The number of primary amides is 1. The van der Waals surface area contributed by atoms with E-state index in [1.807, 2.05) is 7.05 Å². The second-order valence-corrected chi connectivity index (χ2v) is 4.80. The summed E-state index contributed by atoms with van der Waals surface area (Å²) in [6, 6.07) is 0. The fourth-order valence-corrected chi connectivity index (χ4v) is 2.09. The Bertz CT molecular complexity index is 312. The standard InChI is InChI=1S/C12H21N3O2.ClH/c1-3-12(17)15(2)9-7-14(8-10-15)6-4-5-11(13)16;/h3H,1,4-10H2,2H3,(H-,13,16);1H. The average Bonchev–Trinajstić information content (AvgIpc) is 2.30. The van der Waals surface area contributed by atoms with Crippen molar-refractivity contribution < 1.29 is 26.5 Å². The number of quaternary nitrogens is 1. The van der Waals surface area contributed by atoms with Crippen LogP contribution >= 0.6 is 0 Å². The Labute approximate surface area is 115 Å². The van der Waals surface area contributed by atoms with Crippen molar-refractivity contribution in [3.05, 3.63) is 12.7 Å². The first-order chi connectivity index (χ1) is 7.98. The summed E-state index contributed by atoms with van der Waals surface area (Å²) < 4.78 is 0.440. The molecule has 0 aromatic carbocycles. The lowest BCUT2D eigenvalue weighted by Crippen LogP contribution is -3.00. The molecular formula is C12H22ClN3O2. The number of halogens is 1. The van der Waals surface area contributed by atoms with Crippen LogP contribution in [0.25, 0.3) is 0 Å². The SMILES string of the molecule is C=CC(=O)[N+]1(C)CCN(CCCC(N)=O)CC1.[Cl-]. The Morgan fingerprint density at radius 1 is 1.39 bits per heavy atom. The predicted octanol–water partition coefficient (Wildman–Crippen LogP) is -3.27. The largest absolute Gasteiger partial charge is 1.00 e. The van der Waals surface area contributed by atoms with E-state index in [1.165, 1.54) is 6.08 Å². The second-order valence-electron chi connectivity index (χ2n) is 4.80. The van der Waals surface area contributed by atoms with Crippen LogP contribution < -0.4 is 18.1 Å². The summed E-state index contributed by atoms with van der Waals surface area (Å²) in [6.07, 6.45) is 2.64. The molecule has 1 aliphatic heterocycles. The van der Waals surface area contributed by atoms with E-state index in [0.717, 1.165) is 39.1 Å². The van der Waals surface area contributed by atoms with Gasteiger partial charge in [-0.2, -0.15) is 0 Å². The van der Waals surface area contributed by atoms with E-state index in [2.05, 4.69) is 11.5 Å². The van der Waals surface area contributed by atoms with Crippen molar-refractivity contribution in [2.45, 2.75) is 12.8 Å². The molecule has 0 aromatic rings. The molecule has 0 atom stereocenters. The van der Waals surface area contributed by atoms with Crippen LogP contribution in [0.1, 0.15) is 12.8 Å². The zero-order valence-corrected chi connectivity index (χ0v) is 11.7. The molecule has 18 heavy (non-hydrogen) atoms. The van der Waals surface area contributed by atoms with Gasteiger partial charge in [0, 0.05) is 25.6 Å². The summed E-state index contributed by atoms with van der Waals surface area (Å²) in [5, 5.41) is 0. The zero-order valence-electron chi connectivity index (χ0n) is 10.9. The Kier molecular flexibility index (Phi) is 7.13. The van der Waals surface area contributed by atoms with Crippen LogP contribution in [0.2, 0.25) is 0 Å². The Morgan fingerprint density at radius 3 is 2.39 bits per heavy atom. The minimum Gasteiger partial charge on any atom is -1.00 e. The summed E-state index contributed by atoms with van der Waals surface area (Å²) in [5.74, 6) is -0.161. The lowest BCUT2D eigenvalue weighted by Gasteiger charge is -2.39. The van der Waals surface area contributed by atoms with Crippen molar-refractivity contribution in [1.29, 1.82) is 0 Å². The van der Waals surface area contributed by atoms with Gasteiger partial charge >= 0.3 is 5.91 Å². The van der Waals surface area contributed by atoms with E-state index >= 15 is 0 Å². The number of carbonyl (C=O) groups is 2. The number of rotatable bonds is 5. The van der Waals surface area contributed by atoms with Gasteiger partial charge in [0.2, 0.25) is 5.91 Å². The van der Waals surface area contributed by atoms with Gasteiger partial charge in [-0.1, -0.05) is 6.58 Å². The maximum atomic E-state index is 11.7. The highest BCUT2D eigenvalue weighted by Gasteiger charge is 2.33. The molecule has 0 aliphatic carbocycles. The first-order valence-corrected chi connectivity index (χ1v) is 6.00. The predicted molar refractivity (Wildman–Crippen MR) is 66.0 cm³/mol. The third kappa shape index (κ3) is 4.76. The Hall–Kier alpha value is -0.910. The zero-order chi connectivity index (χ0) is 12.9. The fourth-order valence-electron chi connectivity index (χ4n) is 2.09. The summed E-state index contributed by atoms with van der Waals surface area (Å²) >= 11 is 0. The maximum Gasteiger partial charge on any atom is 0.337 e. The number of nitrogens with two attached hydrogens (primary N) is 1. The van der Waals surface area contributed by atoms with Crippen molar-refractivity contribution in [3.8, 4) is 0 Å². The van der Waals surface area contributed by atoms with Crippen LogP contribution in [0.3, 0.4) is 0 Å². The number of amides is 2. The maximum absolute atomic E-state index is 11.7. The van der Waals surface area contributed by atoms with Gasteiger partial charge in [0.05, 0.1) is 20.1 Å². The average molecular weight is 276 g/mol. The summed E-state index contributed by atoms with van der Waals surface area (Å²) in [6.45, 7) is 7.80. The van der Waals surface area contributed by atoms with Crippen molar-refractivity contribution in [3.63, 3.8) is 0 Å². The number of likely N-dealkylation sites (N-methyl/N-ethyl adjacent to an activating group) is 1. The van der Waals surface area contributed by atoms with E-state index in [1.54, 1.807) is 0 Å². The minimum atomic E-state index is -0.246. The Morgan fingerprint density at radius 2 is 1.94 bits per heavy atom. The molecule has 0 unspecified atom stereocenters. The van der Waals surface area contributed by atoms with E-state index in [0.29, 0.717) is 10.9 Å². The fraction of sp³-hybridized carbons (Fsp3) is 0.667. The second kappa shape index (κ2) is 7.51. The van der Waals surface area contributed by atoms with Gasteiger partial charge in [-0.3, -0.25) is 14.2 Å². The highest BCUT2D eigenvalue weighted by Crippen LogP contribution is 2.11. The Balaban J connectivity index is 0.00000289. The third-order valence-electron chi connectivity index (χ3n) is 3.42. The van der Waals surface area contributed by atoms with Gasteiger partial charge in [-0.15, -0.1) is 0 Å². The molecule has 5 nitrogen and oxygen atoms in total. The van der Waals surface area contributed by atoms with Gasteiger partial charge in [-0.05, 0) is 13.0 Å². The molecule has 0 bridgehead atoms. The molecule has 2 N–H and O–H groups in total. The molecule has 104 valence electrons. The first-order valence-electron chi connectivity index (χ1n) is 6.00. The summed E-state index contributed by atoms with van der Waals surface area (Å²) in [4.78, 5) is 24.6. The molecule has 1 saturated heterocycles. The van der Waals surface area contributed by atoms with Crippen molar-refractivity contribution >= 4 is 11.8 Å². The number of carbonyl (C=O) groups excluding carboxylic acids is 2. The first kappa shape index (κ1) is 17.1. The molecule has 0 spiro atoms. The third-order valence-corrected chi connectivity index (χ3v) is 3.42. The molecular weight excluding hydrogens is 254 g/mol. The molecule has 1 rings (SSSR count). The molecule has 0 aromatic heterocycles. The van der Waals surface area contributed by atoms with Crippen LogP contribution in [-0.4, -0.2) is 61.0 Å². The van der Waals surface area contributed by atoms with Crippen molar-refractivity contribution in [2.24, 2.45) is 5.73 Å². The quantitative estimate of drug-likeness (QED) is 0.423. The van der Waals surface area contributed by atoms with Gasteiger partial charge < -0.3 is 18.1 Å². The molecule has 1 heterocycles. The van der Waals surface area contributed by atoms with Gasteiger partial charge in [0.1, 0.15) is 0 Å². The number of hydrogen-bond donors (Lipinski definition) is 1. The lowest BCUT2D eigenvalue weighted by atomic mass is 10.2. The monoisotopic (exact) mass is 275 g/mol. The van der Waals surface area contributed by atoms with Crippen LogP contribution in [0, 0.1) is 0 Å². The molecule has 2 amide bonds. The highest BCUT2D eigenvalue weighted by molar-refractivity contribution is 5.80. The molecule has 1 fully saturated rings. The van der Waals surface area contributed by atoms with Crippen LogP contribution in [-0.2, 0) is 9.59 Å². The topological polar surface area (TPSA) is 63.4 Å². The lowest BCUT2D eigenvalue weighted by molar-refractivity contribution is -0.837. The summed E-state index contributed by atoms with van der Waals surface area (Å²) in [5.41, 5.74) is 5.09. The van der Waals surface area contributed by atoms with E-state index in [-0.39, 0.29) is 24.2 Å². The van der Waals surface area contributed by atoms with E-state index in [9.17, 15) is 9.59 Å². The number of hydrogen-bond acceptors (Lipinski definition) is 3. The van der Waals surface area contributed by atoms with E-state index < -0.39 is 0 Å².